The molecule has 1 aliphatic rings. The van der Waals surface area contributed by atoms with Crippen LogP contribution in [0, 0.1) is 6.92 Å². The molecule has 0 aromatic heterocycles. The molecule has 1 heterocycles. The number of anilines is 1. The van der Waals surface area contributed by atoms with Crippen LogP contribution in [0.5, 0.6) is 11.5 Å². The number of hydrogen-bond donors (Lipinski definition) is 0. The Morgan fingerprint density at radius 2 is 1.65 bits per heavy atom. The van der Waals surface area contributed by atoms with Crippen LogP contribution in [0.15, 0.2) is 77.4 Å². The van der Waals surface area contributed by atoms with Gasteiger partial charge in [-0.1, -0.05) is 41.4 Å². The fourth-order valence-electron chi connectivity index (χ4n) is 3.33. The van der Waals surface area contributed by atoms with Crippen LogP contribution in [0.2, 0.25) is 5.02 Å². The summed E-state index contributed by atoms with van der Waals surface area (Å²) in [6.45, 7) is 2.02. The summed E-state index contributed by atoms with van der Waals surface area (Å²) in [5.41, 5.74) is 3.72. The lowest BCUT2D eigenvalue weighted by atomic mass is 10.1. The number of amidine groups is 1. The third-order valence-electron chi connectivity index (χ3n) is 4.99. The zero-order chi connectivity index (χ0) is 22.0. The number of rotatable bonds is 5. The van der Waals surface area contributed by atoms with Gasteiger partial charge in [-0.05, 0) is 49.4 Å². The number of carbonyl (C=O) groups excluding carboxylic acids is 1. The summed E-state index contributed by atoms with van der Waals surface area (Å²) in [6, 6.07) is 20.5. The van der Waals surface area contributed by atoms with E-state index in [1.54, 1.807) is 55.5 Å². The van der Waals surface area contributed by atoms with E-state index < -0.39 is 0 Å². The average molecular weight is 433 g/mol. The van der Waals surface area contributed by atoms with Crippen LogP contribution >= 0.6 is 11.6 Å². The first-order valence-electron chi connectivity index (χ1n) is 9.69. The third-order valence-corrected chi connectivity index (χ3v) is 5.24. The van der Waals surface area contributed by atoms with Gasteiger partial charge in [0.05, 0.1) is 19.9 Å². The summed E-state index contributed by atoms with van der Waals surface area (Å²) < 4.78 is 10.7. The number of benzene rings is 3. The van der Waals surface area contributed by atoms with Gasteiger partial charge < -0.3 is 9.47 Å². The maximum absolute atomic E-state index is 13.4. The monoisotopic (exact) mass is 432 g/mol. The molecule has 31 heavy (non-hydrogen) atoms. The smallest absolute Gasteiger partial charge is 0.282 e. The first-order chi connectivity index (χ1) is 15.0. The minimum atomic E-state index is -0.226. The minimum Gasteiger partial charge on any atom is -0.497 e. The highest BCUT2D eigenvalue weighted by Gasteiger charge is 2.32. The Bertz CT molecular complexity index is 1180. The zero-order valence-electron chi connectivity index (χ0n) is 17.4. The molecule has 0 bridgehead atoms. The predicted molar refractivity (Wildman–Crippen MR) is 124 cm³/mol. The van der Waals surface area contributed by atoms with Crippen LogP contribution < -0.4 is 14.4 Å². The van der Waals surface area contributed by atoms with Crippen LogP contribution in [0.4, 0.5) is 5.69 Å². The summed E-state index contributed by atoms with van der Waals surface area (Å²) >= 11 is 6.05. The Kier molecular flexibility index (Phi) is 5.78. The third kappa shape index (κ3) is 4.18. The number of aryl methyl sites for hydroxylation is 1. The molecule has 4 rings (SSSR count). The standard InChI is InChI=1S/C25H21ClN2O3/c1-16-4-6-17(7-5-16)24-27-22(14-18-8-13-21(30-2)15-23(18)31-3)25(29)28(24)20-11-9-19(26)10-12-20/h4-15H,1-3H3/b22-14+. The van der Waals surface area contributed by atoms with E-state index in [0.29, 0.717) is 33.7 Å². The Morgan fingerprint density at radius 1 is 0.935 bits per heavy atom. The summed E-state index contributed by atoms with van der Waals surface area (Å²) in [5.74, 6) is 1.60. The topological polar surface area (TPSA) is 51.1 Å². The molecule has 0 aliphatic carbocycles. The quantitative estimate of drug-likeness (QED) is 0.500. The van der Waals surface area contributed by atoms with Crippen molar-refractivity contribution < 1.29 is 14.3 Å². The first-order valence-corrected chi connectivity index (χ1v) is 10.1. The van der Waals surface area contributed by atoms with Gasteiger partial charge in [0, 0.05) is 22.2 Å². The summed E-state index contributed by atoms with van der Waals surface area (Å²) in [6.07, 6.45) is 1.73. The van der Waals surface area contributed by atoms with Gasteiger partial charge in [0.15, 0.2) is 0 Å². The molecule has 0 radical (unpaired) electrons. The van der Waals surface area contributed by atoms with Crippen molar-refractivity contribution in [3.63, 3.8) is 0 Å². The Balaban J connectivity index is 1.82. The van der Waals surface area contributed by atoms with Crippen molar-refractivity contribution in [3.05, 3.63) is 94.1 Å². The number of aliphatic imine (C=N–C) groups is 1. The molecule has 5 nitrogen and oxygen atoms in total. The molecule has 0 unspecified atom stereocenters. The molecule has 0 atom stereocenters. The maximum Gasteiger partial charge on any atom is 0.282 e. The number of halogens is 1. The normalized spacial score (nSPS) is 14.7. The van der Waals surface area contributed by atoms with Crippen LogP contribution in [-0.4, -0.2) is 26.0 Å². The predicted octanol–water partition coefficient (Wildman–Crippen LogP) is 5.50. The second-order valence-electron chi connectivity index (χ2n) is 7.06. The molecule has 0 saturated carbocycles. The summed E-state index contributed by atoms with van der Waals surface area (Å²) in [4.78, 5) is 19.7. The van der Waals surface area contributed by atoms with Gasteiger partial charge in [-0.3, -0.25) is 9.69 Å². The lowest BCUT2D eigenvalue weighted by molar-refractivity contribution is -0.113. The Labute approximate surface area is 186 Å². The molecular formula is C25H21ClN2O3. The highest BCUT2D eigenvalue weighted by molar-refractivity contribution is 6.34. The largest absolute Gasteiger partial charge is 0.497 e. The van der Waals surface area contributed by atoms with Gasteiger partial charge in [-0.25, -0.2) is 4.99 Å². The molecule has 0 spiro atoms. The highest BCUT2D eigenvalue weighted by atomic mass is 35.5. The molecule has 3 aromatic rings. The lowest BCUT2D eigenvalue weighted by Gasteiger charge is -2.18. The van der Waals surface area contributed by atoms with E-state index in [1.165, 1.54) is 0 Å². The van der Waals surface area contributed by atoms with Gasteiger partial charge in [0.2, 0.25) is 0 Å². The zero-order valence-corrected chi connectivity index (χ0v) is 18.2. The summed E-state index contributed by atoms with van der Waals surface area (Å²) in [7, 11) is 3.17. The van der Waals surface area contributed by atoms with Gasteiger partial charge >= 0.3 is 0 Å². The van der Waals surface area contributed by atoms with E-state index >= 15 is 0 Å². The number of amides is 1. The van der Waals surface area contributed by atoms with Gasteiger partial charge in [-0.2, -0.15) is 0 Å². The van der Waals surface area contributed by atoms with Crippen molar-refractivity contribution in [1.82, 2.24) is 0 Å². The van der Waals surface area contributed by atoms with Crippen molar-refractivity contribution in [2.75, 3.05) is 19.1 Å². The van der Waals surface area contributed by atoms with E-state index in [1.807, 2.05) is 43.3 Å². The second-order valence-corrected chi connectivity index (χ2v) is 7.49. The molecule has 6 heteroatoms. The molecule has 0 N–H and O–H groups in total. The molecule has 156 valence electrons. The number of nitrogens with zero attached hydrogens (tertiary/aromatic N) is 2. The lowest BCUT2D eigenvalue weighted by Crippen LogP contribution is -2.32. The van der Waals surface area contributed by atoms with Crippen LogP contribution in [-0.2, 0) is 4.79 Å². The van der Waals surface area contributed by atoms with Crippen LogP contribution in [0.3, 0.4) is 0 Å². The van der Waals surface area contributed by atoms with Crippen molar-refractivity contribution in [1.29, 1.82) is 0 Å². The van der Waals surface area contributed by atoms with E-state index in [0.717, 1.165) is 16.7 Å². The number of carbonyl (C=O) groups is 1. The fourth-order valence-corrected chi connectivity index (χ4v) is 3.45. The Hall–Kier alpha value is -3.57. The molecule has 1 amide bonds. The molecular weight excluding hydrogens is 412 g/mol. The van der Waals surface area contributed by atoms with E-state index in [9.17, 15) is 4.79 Å². The molecule has 0 saturated heterocycles. The van der Waals surface area contributed by atoms with Crippen molar-refractivity contribution >= 4 is 35.1 Å². The number of ether oxygens (including phenoxy) is 2. The molecule has 0 fully saturated rings. The minimum absolute atomic E-state index is 0.226. The molecule has 1 aliphatic heterocycles. The summed E-state index contributed by atoms with van der Waals surface area (Å²) in [5, 5.41) is 0.600. The maximum atomic E-state index is 13.4. The van der Waals surface area contributed by atoms with Gasteiger partial charge in [0.25, 0.3) is 5.91 Å². The SMILES string of the molecule is COc1ccc(/C=C2/N=C(c3ccc(C)cc3)N(c3ccc(Cl)cc3)C2=O)c(OC)c1. The van der Waals surface area contributed by atoms with Gasteiger partial charge in [-0.15, -0.1) is 0 Å². The van der Waals surface area contributed by atoms with E-state index in [-0.39, 0.29) is 5.91 Å². The number of hydrogen-bond acceptors (Lipinski definition) is 4. The van der Waals surface area contributed by atoms with Crippen molar-refractivity contribution in [2.45, 2.75) is 6.92 Å². The second kappa shape index (κ2) is 8.66. The average Bonchev–Trinajstić information content (AvgIpc) is 3.11. The fraction of sp³-hybridized carbons (Fsp3) is 0.120. The Morgan fingerprint density at radius 3 is 2.29 bits per heavy atom. The highest BCUT2D eigenvalue weighted by Crippen LogP contribution is 2.31. The van der Waals surface area contributed by atoms with Crippen molar-refractivity contribution in [3.8, 4) is 11.5 Å². The van der Waals surface area contributed by atoms with Crippen LogP contribution in [0.1, 0.15) is 16.7 Å². The van der Waals surface area contributed by atoms with Crippen molar-refractivity contribution in [2.24, 2.45) is 4.99 Å². The number of methoxy groups -OCH3 is 2. The van der Waals surface area contributed by atoms with Crippen LogP contribution in [0.25, 0.3) is 6.08 Å². The van der Waals surface area contributed by atoms with E-state index in [2.05, 4.69) is 0 Å². The first kappa shape index (κ1) is 20.7. The van der Waals surface area contributed by atoms with E-state index in [4.69, 9.17) is 26.1 Å². The molecule has 3 aromatic carbocycles. The van der Waals surface area contributed by atoms with Gasteiger partial charge in [0.1, 0.15) is 23.0 Å².